The number of nitro benzene ring substituents is 1. The minimum absolute atomic E-state index is 0.0288. The Balaban J connectivity index is 1.77. The lowest BCUT2D eigenvalue weighted by Crippen LogP contribution is -2.40. The zero-order valence-electron chi connectivity index (χ0n) is 19.4. The topological polar surface area (TPSA) is 113 Å². The average molecular weight is 531 g/mol. The Kier molecular flexibility index (Phi) is 6.46. The average Bonchev–Trinajstić information content (AvgIpc) is 2.89. The van der Waals surface area contributed by atoms with E-state index in [0.29, 0.717) is 34.0 Å². The predicted molar refractivity (Wildman–Crippen MR) is 142 cm³/mol. The van der Waals surface area contributed by atoms with Crippen molar-refractivity contribution in [1.29, 1.82) is 5.26 Å². The predicted octanol–water partition coefficient (Wildman–Crippen LogP) is 6.60. The highest BCUT2D eigenvalue weighted by molar-refractivity contribution is 6.32. The summed E-state index contributed by atoms with van der Waals surface area (Å²) in [7, 11) is 0. The van der Waals surface area contributed by atoms with Gasteiger partial charge < -0.3 is 5.73 Å². The van der Waals surface area contributed by atoms with Gasteiger partial charge in [-0.3, -0.25) is 19.8 Å². The van der Waals surface area contributed by atoms with E-state index in [2.05, 4.69) is 6.07 Å². The Labute approximate surface area is 223 Å². The first-order valence-electron chi connectivity index (χ1n) is 11.5. The van der Waals surface area contributed by atoms with Crippen LogP contribution in [0.15, 0.2) is 95.5 Å². The number of benzene rings is 3. The first-order valence-corrected chi connectivity index (χ1v) is 12.3. The molecule has 5 rings (SSSR count). The number of nitro groups is 1. The summed E-state index contributed by atoms with van der Waals surface area (Å²) in [6, 6.07) is 23.2. The summed E-state index contributed by atoms with van der Waals surface area (Å²) in [6.07, 6.45) is 0.679. The van der Waals surface area contributed by atoms with E-state index in [1.54, 1.807) is 35.2 Å². The van der Waals surface area contributed by atoms with Crippen LogP contribution in [0.1, 0.15) is 35.8 Å². The number of halogens is 2. The van der Waals surface area contributed by atoms with Crippen LogP contribution in [-0.2, 0) is 4.79 Å². The highest BCUT2D eigenvalue weighted by atomic mass is 35.5. The number of ketones is 1. The van der Waals surface area contributed by atoms with Crippen LogP contribution in [0.4, 0.5) is 11.4 Å². The van der Waals surface area contributed by atoms with Crippen molar-refractivity contribution in [3.05, 3.63) is 127 Å². The summed E-state index contributed by atoms with van der Waals surface area (Å²) >= 11 is 12.6. The second kappa shape index (κ2) is 9.74. The number of nitriles is 1. The Bertz CT molecular complexity index is 1540. The molecule has 0 aromatic heterocycles. The van der Waals surface area contributed by atoms with E-state index in [0.717, 1.165) is 5.56 Å². The number of hydrogen-bond acceptors (Lipinski definition) is 6. The normalized spacial score (nSPS) is 19.5. The first-order chi connectivity index (χ1) is 17.8. The molecule has 37 heavy (non-hydrogen) atoms. The van der Waals surface area contributed by atoms with Gasteiger partial charge in [-0.15, -0.1) is 0 Å². The van der Waals surface area contributed by atoms with E-state index in [1.807, 2.05) is 30.3 Å². The molecule has 184 valence electrons. The van der Waals surface area contributed by atoms with Gasteiger partial charge in [0, 0.05) is 28.8 Å². The Morgan fingerprint density at radius 1 is 1.00 bits per heavy atom. The van der Waals surface area contributed by atoms with Gasteiger partial charge in [-0.2, -0.15) is 5.26 Å². The molecule has 9 heteroatoms. The molecule has 0 amide bonds. The number of allylic oxidation sites excluding steroid dienone is 3. The molecule has 1 aliphatic carbocycles. The van der Waals surface area contributed by atoms with Crippen molar-refractivity contribution in [3.63, 3.8) is 0 Å². The van der Waals surface area contributed by atoms with E-state index >= 15 is 0 Å². The summed E-state index contributed by atoms with van der Waals surface area (Å²) in [5.74, 6) is -0.935. The van der Waals surface area contributed by atoms with Crippen molar-refractivity contribution >= 4 is 40.4 Å². The molecule has 1 heterocycles. The number of anilines is 1. The van der Waals surface area contributed by atoms with E-state index in [-0.39, 0.29) is 40.2 Å². The van der Waals surface area contributed by atoms with Crippen LogP contribution < -0.4 is 10.6 Å². The number of nitrogens with zero attached hydrogens (tertiary/aromatic N) is 3. The van der Waals surface area contributed by atoms with Crippen LogP contribution in [-0.4, -0.2) is 10.7 Å². The Morgan fingerprint density at radius 2 is 1.70 bits per heavy atom. The van der Waals surface area contributed by atoms with Crippen molar-refractivity contribution < 1.29 is 9.72 Å². The molecular weight excluding hydrogens is 511 g/mol. The maximum atomic E-state index is 13.9. The molecule has 0 fully saturated rings. The van der Waals surface area contributed by atoms with Crippen molar-refractivity contribution in [2.24, 2.45) is 5.73 Å². The lowest BCUT2D eigenvalue weighted by atomic mass is 9.72. The summed E-state index contributed by atoms with van der Waals surface area (Å²) < 4.78 is 0. The lowest BCUT2D eigenvalue weighted by Gasteiger charge is -2.41. The molecule has 1 aliphatic heterocycles. The quantitative estimate of drug-likeness (QED) is 0.300. The molecule has 0 bridgehead atoms. The summed E-state index contributed by atoms with van der Waals surface area (Å²) in [6.45, 7) is 0. The molecule has 0 unspecified atom stereocenters. The van der Waals surface area contributed by atoms with Crippen LogP contribution in [0.5, 0.6) is 0 Å². The standard InChI is InChI=1S/C28H20Cl2N4O3/c29-21-9-5-4-8-19(21)26-20(15-31)28(32)33(18-10-11-22(30)23(14-18)34(36)37)24-12-17(13-25(35)27(24)26)16-6-2-1-3-7-16/h1-11,14,17,26H,12-13,32H2/t17-,26-/m0/s1. The van der Waals surface area contributed by atoms with Crippen molar-refractivity contribution in [1.82, 2.24) is 0 Å². The fraction of sp³-hybridized carbons (Fsp3) is 0.143. The van der Waals surface area contributed by atoms with Crippen molar-refractivity contribution in [2.45, 2.75) is 24.7 Å². The second-order valence-electron chi connectivity index (χ2n) is 8.89. The molecule has 7 nitrogen and oxygen atoms in total. The molecule has 3 aromatic carbocycles. The van der Waals surface area contributed by atoms with E-state index in [9.17, 15) is 20.2 Å². The van der Waals surface area contributed by atoms with Crippen molar-refractivity contribution in [3.8, 4) is 6.07 Å². The van der Waals surface area contributed by atoms with E-state index < -0.39 is 10.8 Å². The number of nitrogens with two attached hydrogens (primary N) is 1. The van der Waals surface area contributed by atoms with Crippen LogP contribution in [0.2, 0.25) is 10.0 Å². The third-order valence-electron chi connectivity index (χ3n) is 6.84. The van der Waals surface area contributed by atoms with Crippen molar-refractivity contribution in [2.75, 3.05) is 4.90 Å². The zero-order chi connectivity index (χ0) is 26.3. The number of carbonyl (C=O) groups is 1. The van der Waals surface area contributed by atoms with Gasteiger partial charge in [0.15, 0.2) is 5.78 Å². The molecule has 0 saturated heterocycles. The minimum atomic E-state index is -0.753. The van der Waals surface area contributed by atoms with Crippen LogP contribution in [0, 0.1) is 21.4 Å². The molecule has 3 aromatic rings. The van der Waals surface area contributed by atoms with Gasteiger partial charge in [-0.25, -0.2) is 0 Å². The van der Waals surface area contributed by atoms with Crippen LogP contribution in [0.3, 0.4) is 0 Å². The highest BCUT2D eigenvalue weighted by Gasteiger charge is 2.43. The molecule has 2 N–H and O–H groups in total. The first kappa shape index (κ1) is 24.6. The Morgan fingerprint density at radius 3 is 2.38 bits per heavy atom. The minimum Gasteiger partial charge on any atom is -0.384 e. The third kappa shape index (κ3) is 4.25. The summed E-state index contributed by atoms with van der Waals surface area (Å²) in [4.78, 5) is 26.5. The molecule has 2 aliphatic rings. The Hall–Kier alpha value is -4.12. The van der Waals surface area contributed by atoms with Gasteiger partial charge in [0.2, 0.25) is 0 Å². The SMILES string of the molecule is N#CC1=C(N)N(c2ccc(Cl)c([N+](=O)[O-])c2)C2=C(C(=O)C[C@@H](c3ccccc3)C2)[C@H]1c1ccccc1Cl. The fourth-order valence-corrected chi connectivity index (χ4v) is 5.62. The number of hydrogen-bond donors (Lipinski definition) is 1. The summed E-state index contributed by atoms with van der Waals surface area (Å²) in [5.41, 5.74) is 9.42. The largest absolute Gasteiger partial charge is 0.384 e. The van der Waals surface area contributed by atoms with Gasteiger partial charge in [0.05, 0.1) is 28.2 Å². The molecule has 0 spiro atoms. The second-order valence-corrected chi connectivity index (χ2v) is 9.71. The van der Waals surface area contributed by atoms with Gasteiger partial charge in [0.25, 0.3) is 5.69 Å². The maximum Gasteiger partial charge on any atom is 0.289 e. The van der Waals surface area contributed by atoms with Gasteiger partial charge >= 0.3 is 0 Å². The van der Waals surface area contributed by atoms with Gasteiger partial charge in [-0.1, -0.05) is 71.7 Å². The van der Waals surface area contributed by atoms with Gasteiger partial charge in [0.1, 0.15) is 10.8 Å². The number of carbonyl (C=O) groups excluding carboxylic acids is 1. The maximum absolute atomic E-state index is 13.9. The third-order valence-corrected chi connectivity index (χ3v) is 7.50. The molecular formula is C28H20Cl2N4O3. The smallest absolute Gasteiger partial charge is 0.289 e. The lowest BCUT2D eigenvalue weighted by molar-refractivity contribution is -0.384. The fourth-order valence-electron chi connectivity index (χ4n) is 5.19. The molecule has 2 atom stereocenters. The van der Waals surface area contributed by atoms with Crippen LogP contribution in [0.25, 0.3) is 0 Å². The van der Waals surface area contributed by atoms with E-state index in [4.69, 9.17) is 28.9 Å². The molecule has 0 radical (unpaired) electrons. The monoisotopic (exact) mass is 530 g/mol. The van der Waals surface area contributed by atoms with Gasteiger partial charge in [-0.05, 0) is 41.7 Å². The number of rotatable bonds is 4. The zero-order valence-corrected chi connectivity index (χ0v) is 20.9. The molecule has 0 saturated carbocycles. The highest BCUT2D eigenvalue weighted by Crippen LogP contribution is 2.50. The van der Waals surface area contributed by atoms with Crippen LogP contribution >= 0.6 is 23.2 Å². The number of Topliss-reactive ketones (excluding diaryl/α,β-unsaturated/α-hetero) is 1. The van der Waals surface area contributed by atoms with E-state index in [1.165, 1.54) is 12.1 Å². The summed E-state index contributed by atoms with van der Waals surface area (Å²) in [5, 5.41) is 22.2.